The van der Waals surface area contributed by atoms with Crippen LogP contribution in [-0.4, -0.2) is 19.8 Å². The largest absolute Gasteiger partial charge is 0.382 e. The van der Waals surface area contributed by atoms with Crippen molar-refractivity contribution in [3.05, 3.63) is 0 Å². The second-order valence-corrected chi connectivity index (χ2v) is 6.79. The van der Waals surface area contributed by atoms with Crippen LogP contribution in [-0.2, 0) is 4.74 Å². The monoisotopic (exact) mass is 241 g/mol. The average molecular weight is 241 g/mol. The zero-order valence-electron chi connectivity index (χ0n) is 12.2. The Morgan fingerprint density at radius 1 is 1.24 bits per heavy atom. The summed E-state index contributed by atoms with van der Waals surface area (Å²) in [7, 11) is 0. The molecular formula is C15H31NO. The Balaban J connectivity index is 2.45. The summed E-state index contributed by atoms with van der Waals surface area (Å²) in [6.07, 6.45) is 6.41. The molecule has 17 heavy (non-hydrogen) atoms. The van der Waals surface area contributed by atoms with Gasteiger partial charge in [0, 0.05) is 13.2 Å². The van der Waals surface area contributed by atoms with Crippen LogP contribution in [0.1, 0.15) is 59.8 Å². The lowest BCUT2D eigenvalue weighted by molar-refractivity contribution is 0.0507. The normalized spacial score (nSPS) is 30.5. The summed E-state index contributed by atoms with van der Waals surface area (Å²) in [5.41, 5.74) is 6.85. The molecule has 0 aliphatic heterocycles. The van der Waals surface area contributed by atoms with Crippen molar-refractivity contribution in [1.29, 1.82) is 0 Å². The average Bonchev–Trinajstić information content (AvgIpc) is 2.29. The third-order valence-electron chi connectivity index (χ3n) is 4.68. The molecule has 102 valence electrons. The predicted molar refractivity (Wildman–Crippen MR) is 74.0 cm³/mol. The molecule has 1 saturated carbocycles. The molecule has 0 saturated heterocycles. The minimum Gasteiger partial charge on any atom is -0.382 e. The van der Waals surface area contributed by atoms with Crippen LogP contribution < -0.4 is 5.73 Å². The molecule has 1 aliphatic carbocycles. The Morgan fingerprint density at radius 3 is 2.24 bits per heavy atom. The zero-order valence-corrected chi connectivity index (χ0v) is 12.2. The molecule has 0 spiro atoms. The van der Waals surface area contributed by atoms with Gasteiger partial charge in [0.15, 0.2) is 0 Å². The maximum absolute atomic E-state index is 6.02. The van der Waals surface area contributed by atoms with Gasteiger partial charge >= 0.3 is 0 Å². The van der Waals surface area contributed by atoms with Crippen LogP contribution in [0.4, 0.5) is 0 Å². The Morgan fingerprint density at radius 2 is 1.82 bits per heavy atom. The summed E-state index contributed by atoms with van der Waals surface area (Å²) >= 11 is 0. The summed E-state index contributed by atoms with van der Waals surface area (Å²) in [6.45, 7) is 11.7. The van der Waals surface area contributed by atoms with E-state index in [0.29, 0.717) is 10.8 Å². The Kier molecular flexibility index (Phi) is 5.46. The summed E-state index contributed by atoms with van der Waals surface area (Å²) in [5.74, 6) is 0.870. The van der Waals surface area contributed by atoms with Crippen molar-refractivity contribution >= 4 is 0 Å². The first-order chi connectivity index (χ1) is 7.93. The van der Waals surface area contributed by atoms with Crippen molar-refractivity contribution in [2.45, 2.75) is 59.8 Å². The maximum Gasteiger partial charge on any atom is 0.0471 e. The van der Waals surface area contributed by atoms with Gasteiger partial charge in [-0.05, 0) is 62.3 Å². The van der Waals surface area contributed by atoms with Gasteiger partial charge in [0.2, 0.25) is 0 Å². The second kappa shape index (κ2) is 6.19. The number of nitrogens with two attached hydrogens (primary N) is 1. The van der Waals surface area contributed by atoms with Crippen molar-refractivity contribution in [1.82, 2.24) is 0 Å². The van der Waals surface area contributed by atoms with Crippen LogP contribution >= 0.6 is 0 Å². The first-order valence-corrected chi connectivity index (χ1v) is 7.21. The standard InChI is InChI=1S/C15H31NO/c1-5-17-11-10-15(12-16)8-6-13(7-9-15)14(2,3)4/h13H,5-12,16H2,1-4H3. The lowest BCUT2D eigenvalue weighted by atomic mass is 9.63. The molecule has 2 nitrogen and oxygen atoms in total. The third-order valence-corrected chi connectivity index (χ3v) is 4.68. The minimum atomic E-state index is 0.372. The van der Waals surface area contributed by atoms with E-state index in [-0.39, 0.29) is 0 Å². The third kappa shape index (κ3) is 4.26. The molecule has 0 amide bonds. The van der Waals surface area contributed by atoms with Crippen LogP contribution in [0.3, 0.4) is 0 Å². The molecule has 1 aliphatic rings. The highest BCUT2D eigenvalue weighted by Gasteiger charge is 2.37. The number of hydrogen-bond acceptors (Lipinski definition) is 2. The van der Waals surface area contributed by atoms with E-state index in [9.17, 15) is 0 Å². The molecule has 0 aromatic carbocycles. The van der Waals surface area contributed by atoms with Gasteiger partial charge in [0.25, 0.3) is 0 Å². The fraction of sp³-hybridized carbons (Fsp3) is 1.00. The zero-order chi connectivity index (χ0) is 12.9. The highest BCUT2D eigenvalue weighted by molar-refractivity contribution is 4.89. The summed E-state index contributed by atoms with van der Waals surface area (Å²) in [4.78, 5) is 0. The lowest BCUT2D eigenvalue weighted by Crippen LogP contribution is -2.38. The summed E-state index contributed by atoms with van der Waals surface area (Å²) in [6, 6.07) is 0. The molecule has 1 fully saturated rings. The van der Waals surface area contributed by atoms with E-state index in [0.717, 1.165) is 32.1 Å². The van der Waals surface area contributed by atoms with Crippen LogP contribution in [0.25, 0.3) is 0 Å². The Bertz CT molecular complexity index is 211. The van der Waals surface area contributed by atoms with E-state index < -0.39 is 0 Å². The van der Waals surface area contributed by atoms with Crippen molar-refractivity contribution in [2.24, 2.45) is 22.5 Å². The molecule has 0 unspecified atom stereocenters. The van der Waals surface area contributed by atoms with Gasteiger partial charge in [-0.3, -0.25) is 0 Å². The van der Waals surface area contributed by atoms with Gasteiger partial charge in [0.1, 0.15) is 0 Å². The van der Waals surface area contributed by atoms with Gasteiger partial charge in [-0.25, -0.2) is 0 Å². The fourth-order valence-corrected chi connectivity index (χ4v) is 3.09. The minimum absolute atomic E-state index is 0.372. The van der Waals surface area contributed by atoms with E-state index in [1.54, 1.807) is 0 Å². The van der Waals surface area contributed by atoms with E-state index in [2.05, 4.69) is 27.7 Å². The molecule has 0 aromatic rings. The number of hydrogen-bond donors (Lipinski definition) is 1. The van der Waals surface area contributed by atoms with Crippen LogP contribution in [0.5, 0.6) is 0 Å². The molecular weight excluding hydrogens is 210 g/mol. The molecule has 0 aromatic heterocycles. The number of ether oxygens (including phenoxy) is 1. The molecule has 2 N–H and O–H groups in total. The second-order valence-electron chi connectivity index (χ2n) is 6.79. The quantitative estimate of drug-likeness (QED) is 0.747. The Hall–Kier alpha value is -0.0800. The molecule has 2 heteroatoms. The van der Waals surface area contributed by atoms with Crippen molar-refractivity contribution < 1.29 is 4.74 Å². The van der Waals surface area contributed by atoms with Gasteiger partial charge in [-0.2, -0.15) is 0 Å². The van der Waals surface area contributed by atoms with Gasteiger partial charge < -0.3 is 10.5 Å². The first-order valence-electron chi connectivity index (χ1n) is 7.21. The summed E-state index contributed by atoms with van der Waals surface area (Å²) in [5, 5.41) is 0. The SMILES string of the molecule is CCOCCC1(CN)CCC(C(C)(C)C)CC1. The first kappa shape index (κ1) is 15.0. The van der Waals surface area contributed by atoms with Crippen LogP contribution in [0, 0.1) is 16.7 Å². The van der Waals surface area contributed by atoms with Crippen molar-refractivity contribution in [3.63, 3.8) is 0 Å². The lowest BCUT2D eigenvalue weighted by Gasteiger charge is -2.43. The van der Waals surface area contributed by atoms with Crippen LogP contribution in [0.2, 0.25) is 0 Å². The molecule has 0 heterocycles. The van der Waals surface area contributed by atoms with Crippen molar-refractivity contribution in [3.8, 4) is 0 Å². The highest BCUT2D eigenvalue weighted by Crippen LogP contribution is 2.46. The fourth-order valence-electron chi connectivity index (χ4n) is 3.09. The smallest absolute Gasteiger partial charge is 0.0471 e. The van der Waals surface area contributed by atoms with E-state index in [4.69, 9.17) is 10.5 Å². The van der Waals surface area contributed by atoms with Gasteiger partial charge in [-0.15, -0.1) is 0 Å². The van der Waals surface area contributed by atoms with E-state index in [1.807, 2.05) is 0 Å². The van der Waals surface area contributed by atoms with Gasteiger partial charge in [-0.1, -0.05) is 20.8 Å². The maximum atomic E-state index is 6.02. The molecule has 1 rings (SSSR count). The predicted octanol–water partition coefficient (Wildman–Crippen LogP) is 3.59. The number of rotatable bonds is 5. The summed E-state index contributed by atoms with van der Waals surface area (Å²) < 4.78 is 5.50. The van der Waals surface area contributed by atoms with Crippen LogP contribution in [0.15, 0.2) is 0 Å². The highest BCUT2D eigenvalue weighted by atomic mass is 16.5. The van der Waals surface area contributed by atoms with E-state index in [1.165, 1.54) is 25.7 Å². The topological polar surface area (TPSA) is 35.2 Å². The Labute approximate surface area is 107 Å². The molecule has 0 radical (unpaired) electrons. The van der Waals surface area contributed by atoms with E-state index >= 15 is 0 Å². The van der Waals surface area contributed by atoms with Gasteiger partial charge in [0.05, 0.1) is 0 Å². The molecule has 0 atom stereocenters. The van der Waals surface area contributed by atoms with Crippen molar-refractivity contribution in [2.75, 3.05) is 19.8 Å². The molecule has 0 bridgehead atoms.